The number of hydrogen-bond donors (Lipinski definition) is 6. The number of hydroxylamine groups is 2. The first kappa shape index (κ1) is 81.7. The van der Waals surface area contributed by atoms with Crippen molar-refractivity contribution in [2.75, 3.05) is 86.3 Å². The zero-order valence-electron chi connectivity index (χ0n) is 62.7. The second-order valence-electron chi connectivity index (χ2n) is 28.0. The Bertz CT molecular complexity index is 4190. The fourth-order valence-electron chi connectivity index (χ4n) is 13.3. The molecule has 6 N–H and O–H groups in total. The number of hydrogen-bond acceptors (Lipinski definition) is 23. The van der Waals surface area contributed by atoms with E-state index in [1.807, 2.05) is 20.8 Å². The average molecular weight is 1560 g/mol. The molecule has 13 amide bonds. The second-order valence-corrected chi connectivity index (χ2v) is 31.2. The average Bonchev–Trinajstić information content (AvgIpc) is 1.57. The highest BCUT2D eigenvalue weighted by Gasteiger charge is 2.45. The van der Waals surface area contributed by atoms with Crippen molar-refractivity contribution in [3.05, 3.63) is 95.1 Å². The molecule has 590 valence electrons. The minimum atomic E-state index is -1.29. The van der Waals surface area contributed by atoms with Crippen molar-refractivity contribution < 1.29 is 100 Å². The molecule has 35 heteroatoms. The normalized spacial score (nSPS) is 22.7. The molecule has 4 aromatic carbocycles. The molecule has 0 spiro atoms. The van der Waals surface area contributed by atoms with Crippen LogP contribution in [0.1, 0.15) is 145 Å². The third-order valence-corrected chi connectivity index (χ3v) is 22.8. The number of ether oxygens (including phenoxy) is 6. The number of fused-ring (bicyclic) bond motifs is 2. The van der Waals surface area contributed by atoms with Crippen molar-refractivity contribution in [1.82, 2.24) is 41.0 Å². The van der Waals surface area contributed by atoms with Crippen molar-refractivity contribution >= 4 is 127 Å². The van der Waals surface area contributed by atoms with Crippen molar-refractivity contribution in [2.45, 2.75) is 173 Å². The van der Waals surface area contributed by atoms with Gasteiger partial charge in [0.15, 0.2) is 23.0 Å². The van der Waals surface area contributed by atoms with E-state index in [0.717, 1.165) is 17.7 Å². The lowest BCUT2D eigenvalue weighted by Gasteiger charge is -2.33. The predicted molar refractivity (Wildman–Crippen MR) is 402 cm³/mol. The molecule has 9 heterocycles. The van der Waals surface area contributed by atoms with Gasteiger partial charge in [-0.3, -0.25) is 62.5 Å². The molecule has 8 bridgehead atoms. The van der Waals surface area contributed by atoms with Gasteiger partial charge in [0.05, 0.1) is 68.1 Å². The highest BCUT2D eigenvalue weighted by molar-refractivity contribution is 8.77. The zero-order chi connectivity index (χ0) is 79.3. The van der Waals surface area contributed by atoms with Crippen LogP contribution in [0.15, 0.2) is 72.8 Å². The van der Waals surface area contributed by atoms with Crippen LogP contribution >= 0.6 is 21.6 Å². The van der Waals surface area contributed by atoms with Crippen LogP contribution in [0.4, 0.5) is 32.3 Å². The topological polar surface area (TPSA) is 395 Å². The Kier molecular flexibility index (Phi) is 27.2. The van der Waals surface area contributed by atoms with Gasteiger partial charge in [0.1, 0.15) is 50.5 Å². The molecule has 4 aromatic rings. The van der Waals surface area contributed by atoms with Crippen molar-refractivity contribution in [2.24, 2.45) is 0 Å². The monoisotopic (exact) mass is 1560 g/mol. The summed E-state index contributed by atoms with van der Waals surface area (Å²) in [4.78, 5) is 202. The van der Waals surface area contributed by atoms with E-state index in [4.69, 9.17) is 33.3 Å². The van der Waals surface area contributed by atoms with Gasteiger partial charge in [-0.15, -0.1) is 5.06 Å². The van der Waals surface area contributed by atoms with Crippen molar-refractivity contribution in [3.8, 4) is 23.0 Å². The number of carbonyl (C=O) groups is 14. The van der Waals surface area contributed by atoms with Crippen LogP contribution < -0.4 is 60.6 Å². The van der Waals surface area contributed by atoms with E-state index >= 15 is 0 Å². The Morgan fingerprint density at radius 3 is 1.60 bits per heavy atom. The number of methoxy groups -OCH3 is 2. The van der Waals surface area contributed by atoms with E-state index < -0.39 is 119 Å². The molecule has 1 unspecified atom stereocenters. The molecule has 33 nitrogen and oxygen atoms in total. The minimum absolute atomic E-state index is 0.0489. The summed E-state index contributed by atoms with van der Waals surface area (Å²) in [6, 6.07) is 12.9. The van der Waals surface area contributed by atoms with Gasteiger partial charge < -0.3 is 79.9 Å². The number of benzene rings is 4. The van der Waals surface area contributed by atoms with Gasteiger partial charge in [-0.1, -0.05) is 45.9 Å². The maximum atomic E-state index is 14.5. The Balaban J connectivity index is 0.849. The molecule has 0 aliphatic carbocycles. The van der Waals surface area contributed by atoms with Crippen LogP contribution in [-0.4, -0.2) is 216 Å². The van der Waals surface area contributed by atoms with Crippen LogP contribution in [-0.2, 0) is 75.5 Å². The summed E-state index contributed by atoms with van der Waals surface area (Å²) in [5, 5.41) is 16.0. The summed E-state index contributed by atoms with van der Waals surface area (Å²) < 4.78 is 35.5. The minimum Gasteiger partial charge on any atom is -0.493 e. The number of amides is 13. The molecule has 13 rings (SSSR count). The van der Waals surface area contributed by atoms with Crippen molar-refractivity contribution in [1.29, 1.82) is 0 Å². The third-order valence-electron chi connectivity index (χ3n) is 19.4. The van der Waals surface area contributed by atoms with Crippen molar-refractivity contribution in [3.63, 3.8) is 0 Å². The number of carbonyl (C=O) groups excluding carboxylic acids is 14. The van der Waals surface area contributed by atoms with Gasteiger partial charge in [-0.25, -0.2) is 14.4 Å². The van der Waals surface area contributed by atoms with Gasteiger partial charge in [0.25, 0.3) is 23.6 Å². The molecule has 9 aliphatic heterocycles. The standard InChI is InChI=1S/C75H92N12O21S2/c1-42-67(94)78-44(3)69(96)80-49-19-15-47(16-20-49)40-106-73(100)85-37-51-13-10-28-83(51)71(98)52-33-57(102-8)59(35-55(52)85)104-30-12-31-105-60-36-56-53(34-58(60)103-9)72(99)84-29-11-14-54(84)46(5)86(56)74(101)107-41-48-17-21-50(22-18-48)81-70(97)45(4)79-68(95)43(2)77-62(89)39-82(38-61(88)76-42)63(90)26-32-109-110-75(6,7)27-25-66(93)108-87-64(91)23-24-65(87)92/h15-22,33-36,42-46,51,54H,10-14,23-32,37-41H2,1-9H3,(H,76,88)(H,77,89)(H,78,94)(H,79,95)(H,80,96)(H,81,97)/t42-,43-,44-,45-,46?,51-,54-/m0/s1. The molecular formula is C75H92N12O21S2. The lowest BCUT2D eigenvalue weighted by Crippen LogP contribution is -2.54. The van der Waals surface area contributed by atoms with Crippen LogP contribution in [0.3, 0.4) is 0 Å². The van der Waals surface area contributed by atoms with Crippen LogP contribution in [0.2, 0.25) is 0 Å². The predicted octanol–water partition coefficient (Wildman–Crippen LogP) is 6.14. The van der Waals surface area contributed by atoms with E-state index in [1.54, 1.807) is 82.6 Å². The fraction of sp³-hybridized carbons (Fsp3) is 0.493. The van der Waals surface area contributed by atoms with E-state index in [2.05, 4.69) is 31.9 Å². The van der Waals surface area contributed by atoms with E-state index in [9.17, 15) is 67.1 Å². The quantitative estimate of drug-likeness (QED) is 0.0558. The molecule has 0 aromatic heterocycles. The zero-order valence-corrected chi connectivity index (χ0v) is 64.3. The smallest absolute Gasteiger partial charge is 0.414 e. The summed E-state index contributed by atoms with van der Waals surface area (Å²) >= 11 is 0. The Labute approximate surface area is 643 Å². The van der Waals surface area contributed by atoms with E-state index in [0.29, 0.717) is 53.5 Å². The summed E-state index contributed by atoms with van der Waals surface area (Å²) in [6.45, 7) is 10.3. The molecule has 110 heavy (non-hydrogen) atoms. The first-order valence-electron chi connectivity index (χ1n) is 36.4. The number of anilines is 4. The van der Waals surface area contributed by atoms with Gasteiger partial charge in [0, 0.05) is 85.7 Å². The Morgan fingerprint density at radius 1 is 0.564 bits per heavy atom. The Hall–Kier alpha value is -10.8. The lowest BCUT2D eigenvalue weighted by atomic mass is 10.1. The number of rotatable bonds is 11. The lowest BCUT2D eigenvalue weighted by molar-refractivity contribution is -0.197. The number of nitrogens with one attached hydrogen (secondary N) is 6. The van der Waals surface area contributed by atoms with Crippen LogP contribution in [0.5, 0.6) is 23.0 Å². The van der Waals surface area contributed by atoms with Crippen LogP contribution in [0, 0.1) is 0 Å². The Morgan fingerprint density at radius 2 is 1.05 bits per heavy atom. The molecule has 7 atom stereocenters. The molecule has 0 saturated carbocycles. The first-order chi connectivity index (χ1) is 52.5. The molecule has 0 radical (unpaired) electrons. The molecular weight excluding hydrogens is 1470 g/mol. The summed E-state index contributed by atoms with van der Waals surface area (Å²) in [5.41, 5.74) is 2.57. The summed E-state index contributed by atoms with van der Waals surface area (Å²) in [7, 11) is 5.46. The largest absolute Gasteiger partial charge is 0.493 e. The number of nitrogens with zero attached hydrogens (tertiary/aromatic N) is 6. The maximum Gasteiger partial charge on any atom is 0.414 e. The van der Waals surface area contributed by atoms with Gasteiger partial charge in [-0.2, -0.15) is 0 Å². The highest BCUT2D eigenvalue weighted by Crippen LogP contribution is 2.44. The summed E-state index contributed by atoms with van der Waals surface area (Å²) in [5.74, 6) is -6.80. The summed E-state index contributed by atoms with van der Waals surface area (Å²) in [6.07, 6.45) is 1.27. The highest BCUT2D eigenvalue weighted by atomic mass is 33.1. The third kappa shape index (κ3) is 20.3. The van der Waals surface area contributed by atoms with Gasteiger partial charge in [0.2, 0.25) is 41.4 Å². The van der Waals surface area contributed by atoms with E-state index in [-0.39, 0.29) is 147 Å². The van der Waals surface area contributed by atoms with Gasteiger partial charge >= 0.3 is 18.2 Å². The molecule has 9 aliphatic rings. The van der Waals surface area contributed by atoms with Crippen LogP contribution in [0.25, 0.3) is 0 Å². The molecule has 3 fully saturated rings. The second kappa shape index (κ2) is 36.6. The SMILES string of the molecule is COc1cc2c3cc1OCCCOc1cc4c(cc1OC)C(=O)N1CCC[C@H]1C(C)N4C(=O)OCc1ccc(cc1)NC(=O)[C@H](C)NC(=O)[C@H](C)NC(=O)CN(C(=O)CCSSC(C)(C)CCC(=O)ON1C(=O)CCC1=O)CC(=O)N[C@@H](C)C(=O)N[C@@H](C)C(=O)Nc1ccc(cc1)COC(=O)N3C[C@@H]1CCCN1C2=O. The maximum absolute atomic E-state index is 14.5. The van der Waals surface area contributed by atoms with E-state index in [1.165, 1.54) is 73.3 Å². The van der Waals surface area contributed by atoms with Gasteiger partial charge in [-0.05, 0) is 128 Å². The fourth-order valence-corrected chi connectivity index (χ4v) is 15.8. The first-order valence-corrected chi connectivity index (χ1v) is 38.7. The molecule has 3 saturated heterocycles. The number of imide groups is 1.